The Bertz CT molecular complexity index is 472. The van der Waals surface area contributed by atoms with Gasteiger partial charge >= 0.3 is 6.18 Å². The first-order valence-corrected chi connectivity index (χ1v) is 5.85. The van der Waals surface area contributed by atoms with Crippen LogP contribution in [0.3, 0.4) is 0 Å². The van der Waals surface area contributed by atoms with Gasteiger partial charge in [0.15, 0.2) is 5.96 Å². The van der Waals surface area contributed by atoms with Crippen molar-refractivity contribution in [2.45, 2.75) is 19.1 Å². The molecule has 2 rings (SSSR count). The highest BCUT2D eigenvalue weighted by atomic mass is 19.4. The van der Waals surface area contributed by atoms with E-state index in [1.54, 1.807) is 0 Å². The van der Waals surface area contributed by atoms with Crippen molar-refractivity contribution >= 4 is 5.96 Å². The molecule has 0 amide bonds. The van der Waals surface area contributed by atoms with Crippen LogP contribution in [-0.4, -0.2) is 41.0 Å². The second kappa shape index (κ2) is 5.41. The number of aromatic nitrogens is 2. The third-order valence-corrected chi connectivity index (χ3v) is 2.68. The Morgan fingerprint density at radius 2 is 2.21 bits per heavy atom. The first-order chi connectivity index (χ1) is 8.97. The van der Waals surface area contributed by atoms with E-state index in [0.29, 0.717) is 5.96 Å². The van der Waals surface area contributed by atoms with Crippen molar-refractivity contribution in [1.82, 2.24) is 20.2 Å². The van der Waals surface area contributed by atoms with Gasteiger partial charge in [0.2, 0.25) is 0 Å². The standard InChI is InChI=1S/C11H14F3N5/c1-19-6-2-4-16-10(19)17-7-9-15-5-3-8(18-9)11(12,13)14/h3,5H,2,4,6-7H2,1H3,(H,16,17). The smallest absolute Gasteiger partial charge is 0.349 e. The summed E-state index contributed by atoms with van der Waals surface area (Å²) >= 11 is 0. The van der Waals surface area contributed by atoms with Crippen molar-refractivity contribution in [3.05, 3.63) is 23.8 Å². The third kappa shape index (κ3) is 3.55. The molecule has 0 fully saturated rings. The van der Waals surface area contributed by atoms with E-state index in [2.05, 4.69) is 20.3 Å². The van der Waals surface area contributed by atoms with E-state index in [1.807, 2.05) is 11.9 Å². The van der Waals surface area contributed by atoms with Gasteiger partial charge in [-0.3, -0.25) is 4.99 Å². The Hall–Kier alpha value is -1.86. The van der Waals surface area contributed by atoms with Gasteiger partial charge in [0.1, 0.15) is 11.5 Å². The van der Waals surface area contributed by atoms with E-state index in [4.69, 9.17) is 0 Å². The largest absolute Gasteiger partial charge is 0.433 e. The molecule has 104 valence electrons. The van der Waals surface area contributed by atoms with E-state index in [-0.39, 0.29) is 12.4 Å². The van der Waals surface area contributed by atoms with Crippen LogP contribution in [0, 0.1) is 0 Å². The Balaban J connectivity index is 2.02. The molecule has 2 heterocycles. The molecule has 0 atom stereocenters. The Kier molecular flexibility index (Phi) is 3.87. The monoisotopic (exact) mass is 273 g/mol. The molecule has 0 saturated heterocycles. The summed E-state index contributed by atoms with van der Waals surface area (Å²) in [5.74, 6) is 0.753. The number of halogens is 3. The normalized spacial score (nSPS) is 16.2. The minimum Gasteiger partial charge on any atom is -0.349 e. The van der Waals surface area contributed by atoms with Gasteiger partial charge in [-0.15, -0.1) is 0 Å². The van der Waals surface area contributed by atoms with E-state index < -0.39 is 11.9 Å². The number of aliphatic imine (C=N–C) groups is 1. The van der Waals surface area contributed by atoms with Crippen molar-refractivity contribution in [3.8, 4) is 0 Å². The number of alkyl halides is 3. The molecule has 19 heavy (non-hydrogen) atoms. The molecule has 1 aliphatic rings. The number of nitrogens with zero attached hydrogens (tertiary/aromatic N) is 4. The number of hydrogen-bond donors (Lipinski definition) is 1. The molecule has 8 heteroatoms. The highest BCUT2D eigenvalue weighted by Gasteiger charge is 2.32. The number of nitrogens with one attached hydrogen (secondary N) is 1. The minimum atomic E-state index is -4.45. The fourth-order valence-electron chi connectivity index (χ4n) is 1.71. The number of hydrogen-bond acceptors (Lipinski definition) is 5. The molecular formula is C11H14F3N5. The molecule has 0 spiro atoms. The lowest BCUT2D eigenvalue weighted by atomic mass is 10.3. The highest BCUT2D eigenvalue weighted by molar-refractivity contribution is 5.80. The van der Waals surface area contributed by atoms with Crippen LogP contribution in [0.15, 0.2) is 17.3 Å². The zero-order chi connectivity index (χ0) is 13.9. The van der Waals surface area contributed by atoms with E-state index in [1.165, 1.54) is 0 Å². The van der Waals surface area contributed by atoms with Crippen LogP contribution in [-0.2, 0) is 12.7 Å². The maximum absolute atomic E-state index is 12.5. The molecule has 0 radical (unpaired) electrons. The molecule has 0 aromatic carbocycles. The van der Waals surface area contributed by atoms with E-state index >= 15 is 0 Å². The van der Waals surface area contributed by atoms with Gasteiger partial charge < -0.3 is 10.2 Å². The summed E-state index contributed by atoms with van der Waals surface area (Å²) in [6.45, 7) is 1.71. The minimum absolute atomic E-state index is 0.0940. The average Bonchev–Trinajstić information content (AvgIpc) is 2.37. The lowest BCUT2D eigenvalue weighted by molar-refractivity contribution is -0.141. The molecule has 1 aliphatic heterocycles. The van der Waals surface area contributed by atoms with Crippen LogP contribution in [0.5, 0.6) is 0 Å². The van der Waals surface area contributed by atoms with Crippen LogP contribution in [0.4, 0.5) is 13.2 Å². The summed E-state index contributed by atoms with van der Waals surface area (Å²) in [7, 11) is 1.87. The molecule has 1 aromatic rings. The molecule has 1 N–H and O–H groups in total. The molecule has 1 aromatic heterocycles. The van der Waals surface area contributed by atoms with Crippen LogP contribution in [0.1, 0.15) is 17.9 Å². The molecule has 0 bridgehead atoms. The number of rotatable bonds is 2. The zero-order valence-electron chi connectivity index (χ0n) is 10.4. The fourth-order valence-corrected chi connectivity index (χ4v) is 1.71. The summed E-state index contributed by atoms with van der Waals surface area (Å²) < 4.78 is 37.4. The van der Waals surface area contributed by atoms with Gasteiger partial charge in [0.05, 0.1) is 6.54 Å². The van der Waals surface area contributed by atoms with Crippen molar-refractivity contribution < 1.29 is 13.2 Å². The summed E-state index contributed by atoms with van der Waals surface area (Å²) in [4.78, 5) is 13.5. The third-order valence-electron chi connectivity index (χ3n) is 2.68. The van der Waals surface area contributed by atoms with E-state index in [9.17, 15) is 13.2 Å². The fraction of sp³-hybridized carbons (Fsp3) is 0.545. The second-order valence-electron chi connectivity index (χ2n) is 4.19. The van der Waals surface area contributed by atoms with Gasteiger partial charge in [0.25, 0.3) is 0 Å². The average molecular weight is 273 g/mol. The maximum atomic E-state index is 12.5. The summed E-state index contributed by atoms with van der Waals surface area (Å²) in [5, 5.41) is 2.95. The van der Waals surface area contributed by atoms with Gasteiger partial charge in [-0.2, -0.15) is 13.2 Å². The van der Waals surface area contributed by atoms with Crippen molar-refractivity contribution in [2.75, 3.05) is 20.1 Å². The summed E-state index contributed by atoms with van der Waals surface area (Å²) in [5.41, 5.74) is -0.932. The second-order valence-corrected chi connectivity index (χ2v) is 4.19. The van der Waals surface area contributed by atoms with E-state index in [0.717, 1.165) is 31.8 Å². The van der Waals surface area contributed by atoms with Crippen LogP contribution in [0.25, 0.3) is 0 Å². The van der Waals surface area contributed by atoms with Gasteiger partial charge in [-0.25, -0.2) is 9.97 Å². The quantitative estimate of drug-likeness (QED) is 0.882. The summed E-state index contributed by atoms with van der Waals surface area (Å²) in [6.07, 6.45) is -2.36. The predicted molar refractivity (Wildman–Crippen MR) is 63.4 cm³/mol. The van der Waals surface area contributed by atoms with Gasteiger partial charge in [-0.1, -0.05) is 0 Å². The molecule has 0 aliphatic carbocycles. The highest BCUT2D eigenvalue weighted by Crippen LogP contribution is 2.26. The van der Waals surface area contributed by atoms with Crippen molar-refractivity contribution in [2.24, 2.45) is 4.99 Å². The van der Waals surface area contributed by atoms with Crippen LogP contribution >= 0.6 is 0 Å². The van der Waals surface area contributed by atoms with Crippen LogP contribution in [0.2, 0.25) is 0 Å². The molecule has 0 unspecified atom stereocenters. The lowest BCUT2D eigenvalue weighted by Crippen LogP contribution is -2.42. The Labute approximate surface area is 108 Å². The molecular weight excluding hydrogens is 259 g/mol. The van der Waals surface area contributed by atoms with Crippen LogP contribution < -0.4 is 5.32 Å². The predicted octanol–water partition coefficient (Wildman–Crippen LogP) is 1.28. The Morgan fingerprint density at radius 1 is 1.42 bits per heavy atom. The number of guanidine groups is 1. The lowest BCUT2D eigenvalue weighted by Gasteiger charge is -2.25. The topological polar surface area (TPSA) is 53.4 Å². The zero-order valence-corrected chi connectivity index (χ0v) is 10.4. The summed E-state index contributed by atoms with van der Waals surface area (Å²) in [6, 6.07) is 0.855. The maximum Gasteiger partial charge on any atom is 0.433 e. The van der Waals surface area contributed by atoms with Gasteiger partial charge in [0, 0.05) is 26.3 Å². The molecule has 5 nitrogen and oxygen atoms in total. The SMILES string of the molecule is CN1CCCN=C1NCc1nccc(C(F)(F)F)n1. The first-order valence-electron chi connectivity index (χ1n) is 5.85. The van der Waals surface area contributed by atoms with Crippen molar-refractivity contribution in [1.29, 1.82) is 0 Å². The van der Waals surface area contributed by atoms with Crippen molar-refractivity contribution in [3.63, 3.8) is 0 Å². The molecule has 0 saturated carbocycles. The first kappa shape index (κ1) is 13.6. The van der Waals surface area contributed by atoms with Gasteiger partial charge in [-0.05, 0) is 12.5 Å². The Morgan fingerprint density at radius 3 is 2.89 bits per heavy atom.